The fourth-order valence-electron chi connectivity index (χ4n) is 1.17. The van der Waals surface area contributed by atoms with Crippen LogP contribution in [-0.2, 0) is 20.1 Å². The number of ether oxygens (including phenoxy) is 1. The van der Waals surface area contributed by atoms with Gasteiger partial charge in [-0.25, -0.2) is 16.8 Å². The van der Waals surface area contributed by atoms with Gasteiger partial charge in [0.15, 0.2) is 10.0 Å². The molecule has 0 atom stereocenters. The fraction of sp³-hybridized carbons (Fsp3) is 0.333. The molecule has 126 valence electrons. The van der Waals surface area contributed by atoms with E-state index < -0.39 is 43.7 Å². The lowest BCUT2D eigenvalue weighted by atomic mass is 10.3. The van der Waals surface area contributed by atoms with E-state index in [1.54, 1.807) is 22.6 Å². The Bertz CT molecular complexity index is 747. The van der Waals surface area contributed by atoms with Crippen molar-refractivity contribution in [3.8, 4) is 5.75 Å². The smallest absolute Gasteiger partial charge is 0.480 e. The monoisotopic (exact) mass is 473 g/mol. The summed E-state index contributed by atoms with van der Waals surface area (Å²) in [6.45, 7) is -1.24. The predicted molar refractivity (Wildman–Crippen MR) is 75.8 cm³/mol. The quantitative estimate of drug-likeness (QED) is 0.354. The van der Waals surface area contributed by atoms with Crippen molar-refractivity contribution in [1.82, 2.24) is 0 Å². The summed E-state index contributed by atoms with van der Waals surface area (Å²) in [6.07, 6.45) is 0. The molecule has 0 bridgehead atoms. The second kappa shape index (κ2) is 6.86. The molecule has 1 rings (SSSR count). The highest BCUT2D eigenvalue weighted by molar-refractivity contribution is 14.1. The molecule has 0 aromatic heterocycles. The Labute approximate surface area is 137 Å². The lowest BCUT2D eigenvalue weighted by molar-refractivity contribution is -0.0427. The summed E-state index contributed by atoms with van der Waals surface area (Å²) < 4.78 is 97.2. The molecule has 0 spiro atoms. The van der Waals surface area contributed by atoms with E-state index in [9.17, 15) is 34.6 Å². The van der Waals surface area contributed by atoms with Crippen molar-refractivity contribution in [2.75, 3.05) is 13.2 Å². The van der Waals surface area contributed by atoms with Crippen molar-refractivity contribution in [2.45, 2.75) is 10.4 Å². The van der Waals surface area contributed by atoms with Crippen LogP contribution in [0.4, 0.5) is 13.2 Å². The Morgan fingerprint density at radius 2 is 1.82 bits per heavy atom. The maximum Gasteiger partial charge on any atom is 0.480 e. The Balaban J connectivity index is 2.63. The average Bonchev–Trinajstić information content (AvgIpc) is 2.31. The summed E-state index contributed by atoms with van der Waals surface area (Å²) in [5.41, 5.74) is -5.47. The zero-order chi connectivity index (χ0) is 17.2. The molecule has 0 aliphatic carbocycles. The van der Waals surface area contributed by atoms with Crippen LogP contribution < -0.4 is 4.74 Å². The molecule has 1 aromatic rings. The second-order valence-corrected chi connectivity index (χ2v) is 7.85. The SMILES string of the molecule is O=S(=O)([O-])c1ccc(OCC[N-]S(=O)(=O)C(F)(F)F)cc1I. The summed E-state index contributed by atoms with van der Waals surface area (Å²) in [7, 11) is -10.2. The molecule has 13 heteroatoms. The van der Waals surface area contributed by atoms with Crippen molar-refractivity contribution < 1.29 is 39.3 Å². The van der Waals surface area contributed by atoms with Gasteiger partial charge in [-0.15, -0.1) is 6.54 Å². The van der Waals surface area contributed by atoms with Gasteiger partial charge in [-0.3, -0.25) is 0 Å². The normalized spacial score (nSPS) is 13.1. The van der Waals surface area contributed by atoms with Crippen molar-refractivity contribution >= 4 is 42.7 Å². The molecule has 0 saturated heterocycles. The van der Waals surface area contributed by atoms with Gasteiger partial charge in [0.2, 0.25) is 0 Å². The molecule has 0 heterocycles. The van der Waals surface area contributed by atoms with E-state index in [1.165, 1.54) is 6.07 Å². The largest absolute Gasteiger partial charge is 0.744 e. The highest BCUT2D eigenvalue weighted by atomic mass is 127. The van der Waals surface area contributed by atoms with Gasteiger partial charge in [0, 0.05) is 3.57 Å². The van der Waals surface area contributed by atoms with E-state index in [1.807, 2.05) is 0 Å². The minimum absolute atomic E-state index is 0.0522. The number of hydrogen-bond donors (Lipinski definition) is 0. The lowest BCUT2D eigenvalue weighted by Crippen LogP contribution is -2.23. The maximum atomic E-state index is 12.0. The highest BCUT2D eigenvalue weighted by Crippen LogP contribution is 2.27. The number of alkyl halides is 3. The van der Waals surface area contributed by atoms with E-state index in [-0.39, 0.29) is 9.32 Å². The van der Waals surface area contributed by atoms with Gasteiger partial charge in [0.1, 0.15) is 15.9 Å². The first kappa shape index (κ1) is 19.4. The summed E-state index contributed by atoms with van der Waals surface area (Å²) >= 11 is 1.57. The minimum atomic E-state index is -5.56. The van der Waals surface area contributed by atoms with Crippen molar-refractivity contribution in [3.05, 3.63) is 26.5 Å². The van der Waals surface area contributed by atoms with Crippen LogP contribution in [-0.4, -0.2) is 40.0 Å². The molecule has 0 unspecified atom stereocenters. The number of benzene rings is 1. The van der Waals surface area contributed by atoms with Gasteiger partial charge in [0.25, 0.3) is 0 Å². The molecular weight excluding hydrogens is 466 g/mol. The number of nitrogens with zero attached hydrogens (tertiary/aromatic N) is 1. The van der Waals surface area contributed by atoms with Gasteiger partial charge in [-0.2, -0.15) is 13.2 Å². The molecule has 0 amide bonds. The van der Waals surface area contributed by atoms with Crippen molar-refractivity contribution in [2.24, 2.45) is 0 Å². The summed E-state index contributed by atoms with van der Waals surface area (Å²) in [5.74, 6) is 0.0522. The zero-order valence-corrected chi connectivity index (χ0v) is 14.2. The third-order valence-corrected chi connectivity index (χ3v) is 5.35. The molecule has 0 radical (unpaired) electrons. The summed E-state index contributed by atoms with van der Waals surface area (Å²) in [4.78, 5) is -0.468. The standard InChI is InChI=1S/C9H8F3INO6S2/c10-9(11,12)22(18,19)14-3-4-20-6-1-2-8(7(13)5-6)21(15,16)17/h1-2,5H,3-4H2,(H,15,16,17)/q-1/p-1. The second-order valence-electron chi connectivity index (χ2n) is 3.67. The topological polar surface area (TPSA) is 115 Å². The number of hydrogen-bond acceptors (Lipinski definition) is 6. The van der Waals surface area contributed by atoms with Gasteiger partial charge >= 0.3 is 5.51 Å². The van der Waals surface area contributed by atoms with Gasteiger partial charge < -0.3 is 14.0 Å². The van der Waals surface area contributed by atoms with E-state index in [4.69, 9.17) is 4.74 Å². The van der Waals surface area contributed by atoms with Gasteiger partial charge in [0.05, 0.1) is 11.5 Å². The first-order chi connectivity index (χ1) is 9.84. The van der Waals surface area contributed by atoms with Crippen LogP contribution in [0, 0.1) is 3.57 Å². The Morgan fingerprint density at radius 1 is 1.23 bits per heavy atom. The summed E-state index contributed by atoms with van der Waals surface area (Å²) in [6, 6.07) is 3.26. The lowest BCUT2D eigenvalue weighted by Gasteiger charge is -2.21. The van der Waals surface area contributed by atoms with E-state index >= 15 is 0 Å². The third-order valence-electron chi connectivity index (χ3n) is 2.09. The van der Waals surface area contributed by atoms with Gasteiger partial charge in [-0.05, 0) is 40.8 Å². The van der Waals surface area contributed by atoms with Crippen LogP contribution in [0.5, 0.6) is 5.75 Å². The molecule has 0 saturated carbocycles. The third kappa shape index (κ3) is 5.22. The van der Waals surface area contributed by atoms with Crippen LogP contribution >= 0.6 is 22.6 Å². The van der Waals surface area contributed by atoms with Crippen LogP contribution in [0.2, 0.25) is 0 Å². The van der Waals surface area contributed by atoms with Crippen molar-refractivity contribution in [1.29, 1.82) is 0 Å². The predicted octanol–water partition coefficient (Wildman–Crippen LogP) is 1.80. The van der Waals surface area contributed by atoms with E-state index in [2.05, 4.69) is 4.72 Å². The van der Waals surface area contributed by atoms with Crippen LogP contribution in [0.1, 0.15) is 0 Å². The molecular formula is C9H7F3INO6S2-2. The molecule has 0 N–H and O–H groups in total. The van der Waals surface area contributed by atoms with E-state index in [0.29, 0.717) is 0 Å². The van der Waals surface area contributed by atoms with Crippen molar-refractivity contribution in [3.63, 3.8) is 0 Å². The first-order valence-electron chi connectivity index (χ1n) is 5.23. The van der Waals surface area contributed by atoms with E-state index in [0.717, 1.165) is 12.1 Å². The first-order valence-corrected chi connectivity index (χ1v) is 9.15. The maximum absolute atomic E-state index is 12.0. The van der Waals surface area contributed by atoms with Crippen LogP contribution in [0.25, 0.3) is 4.72 Å². The Morgan fingerprint density at radius 3 is 2.27 bits per heavy atom. The minimum Gasteiger partial charge on any atom is -0.744 e. The highest BCUT2D eigenvalue weighted by Gasteiger charge is 2.38. The Kier molecular flexibility index (Phi) is 6.05. The molecule has 22 heavy (non-hydrogen) atoms. The molecule has 7 nitrogen and oxygen atoms in total. The van der Waals surface area contributed by atoms with Crippen LogP contribution in [0.15, 0.2) is 23.1 Å². The molecule has 0 aliphatic heterocycles. The van der Waals surface area contributed by atoms with Crippen LogP contribution in [0.3, 0.4) is 0 Å². The Hall–Kier alpha value is -0.640. The average molecular weight is 473 g/mol. The number of halogens is 4. The molecule has 1 aromatic carbocycles. The number of sulfonamides is 1. The molecule has 0 fully saturated rings. The summed E-state index contributed by atoms with van der Waals surface area (Å²) in [5, 5.41) is 0. The zero-order valence-electron chi connectivity index (χ0n) is 10.4. The van der Waals surface area contributed by atoms with Gasteiger partial charge in [-0.1, -0.05) is 0 Å². The fourth-order valence-corrected chi connectivity index (χ4v) is 3.46. The molecule has 0 aliphatic rings. The number of rotatable bonds is 6.